The van der Waals surface area contributed by atoms with Gasteiger partial charge in [-0.2, -0.15) is 0 Å². The molecule has 0 amide bonds. The van der Waals surface area contributed by atoms with Gasteiger partial charge in [0.15, 0.2) is 6.29 Å². The van der Waals surface area contributed by atoms with Gasteiger partial charge in [0.2, 0.25) is 0 Å². The van der Waals surface area contributed by atoms with Crippen LogP contribution in [0.1, 0.15) is 6.92 Å². The third kappa shape index (κ3) is 3.72. The lowest BCUT2D eigenvalue weighted by molar-refractivity contribution is -0.298. The normalized spacial score (nSPS) is 37.9. The zero-order chi connectivity index (χ0) is 13.7. The molecule has 0 aliphatic carbocycles. The SMILES string of the molecule is C/C(=C\CO[C@@H]1O[C@H](CO)[C@@H](O)[C@H](O)[C@H]1O)CO. The number of hydrogen-bond donors (Lipinski definition) is 5. The van der Waals surface area contributed by atoms with E-state index in [2.05, 4.69) is 0 Å². The summed E-state index contributed by atoms with van der Waals surface area (Å²) in [5.74, 6) is 0. The summed E-state index contributed by atoms with van der Waals surface area (Å²) in [6.45, 7) is 1.19. The molecule has 0 aromatic carbocycles. The van der Waals surface area contributed by atoms with E-state index in [1.807, 2.05) is 0 Å². The Morgan fingerprint density at radius 1 is 1.17 bits per heavy atom. The van der Waals surface area contributed by atoms with Crippen molar-refractivity contribution in [3.63, 3.8) is 0 Å². The fourth-order valence-corrected chi connectivity index (χ4v) is 1.55. The van der Waals surface area contributed by atoms with Gasteiger partial charge in [0.1, 0.15) is 24.4 Å². The van der Waals surface area contributed by atoms with Gasteiger partial charge in [-0.1, -0.05) is 6.08 Å². The Morgan fingerprint density at radius 3 is 2.39 bits per heavy atom. The van der Waals surface area contributed by atoms with Crippen LogP contribution in [0.15, 0.2) is 11.6 Å². The number of aliphatic hydroxyl groups excluding tert-OH is 5. The van der Waals surface area contributed by atoms with Crippen LogP contribution in [-0.4, -0.2) is 76.1 Å². The topological polar surface area (TPSA) is 120 Å². The van der Waals surface area contributed by atoms with Crippen LogP contribution in [0.4, 0.5) is 0 Å². The molecule has 1 rings (SSSR count). The van der Waals surface area contributed by atoms with Crippen LogP contribution in [0, 0.1) is 0 Å². The molecule has 1 fully saturated rings. The molecule has 0 aromatic heterocycles. The second-order valence-corrected chi connectivity index (χ2v) is 4.24. The first kappa shape index (κ1) is 15.5. The minimum absolute atomic E-state index is 0.0785. The highest BCUT2D eigenvalue weighted by Gasteiger charge is 2.43. The number of rotatable bonds is 5. The molecule has 1 aliphatic rings. The molecule has 0 radical (unpaired) electrons. The molecule has 18 heavy (non-hydrogen) atoms. The van der Waals surface area contributed by atoms with Gasteiger partial charge in [0.25, 0.3) is 0 Å². The van der Waals surface area contributed by atoms with Crippen molar-refractivity contribution in [2.75, 3.05) is 19.8 Å². The Balaban J connectivity index is 2.54. The van der Waals surface area contributed by atoms with Crippen LogP contribution in [0.3, 0.4) is 0 Å². The molecule has 0 saturated carbocycles. The Labute approximate surface area is 105 Å². The number of hydrogen-bond acceptors (Lipinski definition) is 7. The zero-order valence-electron chi connectivity index (χ0n) is 10.1. The van der Waals surface area contributed by atoms with Crippen molar-refractivity contribution in [1.29, 1.82) is 0 Å². The van der Waals surface area contributed by atoms with Gasteiger partial charge in [0.05, 0.1) is 19.8 Å². The summed E-state index contributed by atoms with van der Waals surface area (Å²) >= 11 is 0. The maximum absolute atomic E-state index is 9.63. The van der Waals surface area contributed by atoms with Crippen molar-refractivity contribution in [3.8, 4) is 0 Å². The van der Waals surface area contributed by atoms with E-state index in [1.165, 1.54) is 0 Å². The van der Waals surface area contributed by atoms with E-state index in [0.717, 1.165) is 0 Å². The smallest absolute Gasteiger partial charge is 0.187 e. The van der Waals surface area contributed by atoms with E-state index in [4.69, 9.17) is 19.7 Å². The largest absolute Gasteiger partial charge is 0.394 e. The van der Waals surface area contributed by atoms with Crippen molar-refractivity contribution >= 4 is 0 Å². The summed E-state index contributed by atoms with van der Waals surface area (Å²) < 4.78 is 10.3. The highest BCUT2D eigenvalue weighted by Crippen LogP contribution is 2.21. The monoisotopic (exact) mass is 264 g/mol. The Kier molecular flexibility index (Phi) is 6.16. The van der Waals surface area contributed by atoms with Gasteiger partial charge >= 0.3 is 0 Å². The molecule has 0 bridgehead atoms. The van der Waals surface area contributed by atoms with Gasteiger partial charge in [0, 0.05) is 0 Å². The summed E-state index contributed by atoms with van der Waals surface area (Å²) in [5.41, 5.74) is 0.694. The number of aliphatic hydroxyl groups is 5. The van der Waals surface area contributed by atoms with Crippen molar-refractivity contribution in [3.05, 3.63) is 11.6 Å². The van der Waals surface area contributed by atoms with Gasteiger partial charge < -0.3 is 35.0 Å². The fourth-order valence-electron chi connectivity index (χ4n) is 1.55. The molecule has 1 saturated heterocycles. The standard InChI is InChI=1S/C11H20O7/c1-6(4-12)2-3-17-11-10(16)9(15)8(14)7(5-13)18-11/h2,7-16H,3-5H2,1H3/b6-2+/t7-,8-,9+,10-,11-/m1/s1. The maximum atomic E-state index is 9.63. The minimum Gasteiger partial charge on any atom is -0.394 e. The molecule has 106 valence electrons. The van der Waals surface area contributed by atoms with Gasteiger partial charge in [-0.15, -0.1) is 0 Å². The highest BCUT2D eigenvalue weighted by atomic mass is 16.7. The predicted octanol–water partition coefficient (Wildman–Crippen LogP) is -2.26. The van der Waals surface area contributed by atoms with E-state index in [-0.39, 0.29) is 13.2 Å². The Morgan fingerprint density at radius 2 is 1.83 bits per heavy atom. The first-order valence-corrected chi connectivity index (χ1v) is 5.69. The average Bonchev–Trinajstić information content (AvgIpc) is 2.38. The van der Waals surface area contributed by atoms with E-state index in [9.17, 15) is 15.3 Å². The lowest BCUT2D eigenvalue weighted by Gasteiger charge is -2.39. The Hall–Kier alpha value is -0.540. The zero-order valence-corrected chi connectivity index (χ0v) is 10.1. The van der Waals surface area contributed by atoms with Crippen LogP contribution in [0.25, 0.3) is 0 Å². The summed E-state index contributed by atoms with van der Waals surface area (Å²) in [6.07, 6.45) is -4.74. The minimum atomic E-state index is -1.44. The predicted molar refractivity (Wildman–Crippen MR) is 60.6 cm³/mol. The molecule has 7 heteroatoms. The second-order valence-electron chi connectivity index (χ2n) is 4.24. The van der Waals surface area contributed by atoms with Crippen LogP contribution in [-0.2, 0) is 9.47 Å². The lowest BCUT2D eigenvalue weighted by Crippen LogP contribution is -2.59. The van der Waals surface area contributed by atoms with E-state index in [0.29, 0.717) is 5.57 Å². The van der Waals surface area contributed by atoms with E-state index >= 15 is 0 Å². The summed E-state index contributed by atoms with van der Waals surface area (Å²) in [7, 11) is 0. The first-order valence-electron chi connectivity index (χ1n) is 5.69. The van der Waals surface area contributed by atoms with Crippen molar-refractivity contribution in [2.45, 2.75) is 37.6 Å². The summed E-state index contributed by atoms with van der Waals surface area (Å²) in [4.78, 5) is 0. The molecule has 1 heterocycles. The van der Waals surface area contributed by atoms with E-state index in [1.54, 1.807) is 13.0 Å². The van der Waals surface area contributed by atoms with Gasteiger partial charge in [-0.3, -0.25) is 0 Å². The fraction of sp³-hybridized carbons (Fsp3) is 0.818. The van der Waals surface area contributed by atoms with Crippen molar-refractivity contribution in [2.24, 2.45) is 0 Å². The highest BCUT2D eigenvalue weighted by molar-refractivity contribution is 4.98. The lowest BCUT2D eigenvalue weighted by atomic mass is 9.99. The molecule has 7 nitrogen and oxygen atoms in total. The van der Waals surface area contributed by atoms with Crippen LogP contribution in [0.5, 0.6) is 0 Å². The Bertz CT molecular complexity index is 279. The van der Waals surface area contributed by atoms with Crippen LogP contribution >= 0.6 is 0 Å². The molecule has 0 spiro atoms. The molecule has 5 N–H and O–H groups in total. The number of ether oxygens (including phenoxy) is 2. The van der Waals surface area contributed by atoms with Crippen LogP contribution in [0.2, 0.25) is 0 Å². The molecular weight excluding hydrogens is 244 g/mol. The molecule has 1 aliphatic heterocycles. The first-order chi connectivity index (χ1) is 8.51. The van der Waals surface area contributed by atoms with Gasteiger partial charge in [-0.25, -0.2) is 0 Å². The van der Waals surface area contributed by atoms with Crippen molar-refractivity contribution in [1.82, 2.24) is 0 Å². The average molecular weight is 264 g/mol. The third-order valence-corrected chi connectivity index (χ3v) is 2.79. The second kappa shape index (κ2) is 7.15. The van der Waals surface area contributed by atoms with E-state index < -0.39 is 37.3 Å². The van der Waals surface area contributed by atoms with Crippen LogP contribution < -0.4 is 0 Å². The third-order valence-electron chi connectivity index (χ3n) is 2.79. The quantitative estimate of drug-likeness (QED) is 0.355. The molecular formula is C11H20O7. The van der Waals surface area contributed by atoms with Gasteiger partial charge in [-0.05, 0) is 12.5 Å². The summed E-state index contributed by atoms with van der Waals surface area (Å²) in [6, 6.07) is 0. The molecule has 5 atom stereocenters. The summed E-state index contributed by atoms with van der Waals surface area (Å²) in [5, 5.41) is 46.4. The molecule has 0 aromatic rings. The van der Waals surface area contributed by atoms with Crippen molar-refractivity contribution < 1.29 is 35.0 Å². The maximum Gasteiger partial charge on any atom is 0.187 e. The molecule has 0 unspecified atom stereocenters.